The predicted octanol–water partition coefficient (Wildman–Crippen LogP) is 10.2. The van der Waals surface area contributed by atoms with Crippen molar-refractivity contribution in [3.63, 3.8) is 0 Å². The summed E-state index contributed by atoms with van der Waals surface area (Å²) in [5, 5.41) is 2.19. The molecule has 8 aromatic rings. The molecule has 2 heterocycles. The second kappa shape index (κ2) is 10.6. The molecule has 0 fully saturated rings. The second-order valence-electron chi connectivity index (χ2n) is 10.7. The lowest BCUT2D eigenvalue weighted by Crippen LogP contribution is -1.99. The number of hydrogen-bond acceptors (Lipinski definition) is 2. The molecule has 0 unspecified atom stereocenters. The Labute approximate surface area is 250 Å². The van der Waals surface area contributed by atoms with Crippen molar-refractivity contribution in [2.45, 2.75) is 0 Å². The summed E-state index contributed by atoms with van der Waals surface area (Å²) in [6, 6.07) is 57.2. The zero-order valence-corrected chi connectivity index (χ0v) is 23.4. The Bertz CT molecular complexity index is 2220. The molecule has 43 heavy (non-hydrogen) atoms. The van der Waals surface area contributed by atoms with Gasteiger partial charge in [-0.15, -0.1) is 0 Å². The van der Waals surface area contributed by atoms with Gasteiger partial charge in [-0.2, -0.15) is 0 Å². The summed E-state index contributed by atoms with van der Waals surface area (Å²) >= 11 is 0. The number of para-hydroxylation sites is 2. The van der Waals surface area contributed by atoms with Crippen molar-refractivity contribution >= 4 is 21.9 Å². The molecule has 202 valence electrons. The standard InChI is InChI=1S/C40H27N3/c1-4-14-28(15-5-1)30-18-12-19-31(26-30)32-20-13-21-33(27-32)39-41-38(29-16-6-2-7-17-29)37-35-24-10-11-25-36(35)43(40(37)42-39)34-22-8-3-9-23-34/h1-27H. The fourth-order valence-electron chi connectivity index (χ4n) is 5.97. The monoisotopic (exact) mass is 549 g/mol. The number of fused-ring (bicyclic) bond motifs is 3. The molecule has 3 nitrogen and oxygen atoms in total. The van der Waals surface area contributed by atoms with E-state index < -0.39 is 0 Å². The van der Waals surface area contributed by atoms with E-state index >= 15 is 0 Å². The minimum Gasteiger partial charge on any atom is -0.294 e. The van der Waals surface area contributed by atoms with Gasteiger partial charge in [0.15, 0.2) is 5.82 Å². The molecule has 0 amide bonds. The average molecular weight is 550 g/mol. The van der Waals surface area contributed by atoms with Crippen LogP contribution in [0.5, 0.6) is 0 Å². The third-order valence-electron chi connectivity index (χ3n) is 8.00. The molecule has 0 bridgehead atoms. The van der Waals surface area contributed by atoms with Gasteiger partial charge in [-0.05, 0) is 52.6 Å². The molecule has 8 rings (SSSR count). The number of rotatable bonds is 5. The molecule has 0 saturated heterocycles. The van der Waals surface area contributed by atoms with E-state index in [2.05, 4.69) is 156 Å². The van der Waals surface area contributed by atoms with E-state index in [0.29, 0.717) is 5.82 Å². The van der Waals surface area contributed by atoms with E-state index in [1.54, 1.807) is 0 Å². The highest BCUT2D eigenvalue weighted by atomic mass is 15.1. The van der Waals surface area contributed by atoms with Gasteiger partial charge >= 0.3 is 0 Å². The molecule has 0 aliphatic heterocycles. The Morgan fingerprint density at radius 3 is 1.60 bits per heavy atom. The highest BCUT2D eigenvalue weighted by Crippen LogP contribution is 2.38. The van der Waals surface area contributed by atoms with Crippen molar-refractivity contribution in [2.24, 2.45) is 0 Å². The maximum Gasteiger partial charge on any atom is 0.162 e. The topological polar surface area (TPSA) is 30.7 Å². The molecule has 3 heteroatoms. The van der Waals surface area contributed by atoms with E-state index in [1.165, 1.54) is 11.1 Å². The summed E-state index contributed by atoms with van der Waals surface area (Å²) in [7, 11) is 0. The lowest BCUT2D eigenvalue weighted by Gasteiger charge is -2.11. The van der Waals surface area contributed by atoms with Crippen LogP contribution in [-0.2, 0) is 0 Å². The zero-order chi connectivity index (χ0) is 28.6. The van der Waals surface area contributed by atoms with Gasteiger partial charge in [0.25, 0.3) is 0 Å². The first-order valence-corrected chi connectivity index (χ1v) is 14.5. The third-order valence-corrected chi connectivity index (χ3v) is 8.00. The Hall–Kier alpha value is -5.80. The average Bonchev–Trinajstić information content (AvgIpc) is 3.43. The highest BCUT2D eigenvalue weighted by molar-refractivity contribution is 6.14. The molecule has 0 aliphatic rings. The quantitative estimate of drug-likeness (QED) is 0.214. The van der Waals surface area contributed by atoms with Crippen LogP contribution in [-0.4, -0.2) is 14.5 Å². The smallest absolute Gasteiger partial charge is 0.162 e. The van der Waals surface area contributed by atoms with Crippen LogP contribution >= 0.6 is 0 Å². The maximum atomic E-state index is 5.30. The van der Waals surface area contributed by atoms with Gasteiger partial charge in [0.05, 0.1) is 16.6 Å². The van der Waals surface area contributed by atoms with Gasteiger partial charge in [-0.1, -0.05) is 133 Å². The molecule has 2 aromatic heterocycles. The van der Waals surface area contributed by atoms with Gasteiger partial charge < -0.3 is 0 Å². The van der Waals surface area contributed by atoms with Gasteiger partial charge in [0.1, 0.15) is 5.65 Å². The van der Waals surface area contributed by atoms with E-state index in [4.69, 9.17) is 9.97 Å². The van der Waals surface area contributed by atoms with Gasteiger partial charge in [0.2, 0.25) is 0 Å². The van der Waals surface area contributed by atoms with Gasteiger partial charge in [-0.25, -0.2) is 9.97 Å². The number of hydrogen-bond donors (Lipinski definition) is 0. The van der Waals surface area contributed by atoms with Crippen LogP contribution in [0.2, 0.25) is 0 Å². The van der Waals surface area contributed by atoms with Crippen molar-refractivity contribution in [1.82, 2.24) is 14.5 Å². The van der Waals surface area contributed by atoms with Crippen LogP contribution in [0.1, 0.15) is 0 Å². The predicted molar refractivity (Wildman–Crippen MR) is 178 cm³/mol. The van der Waals surface area contributed by atoms with Crippen molar-refractivity contribution in [3.05, 3.63) is 164 Å². The normalized spacial score (nSPS) is 11.3. The summed E-state index contributed by atoms with van der Waals surface area (Å²) in [4.78, 5) is 10.6. The molecule has 0 atom stereocenters. The number of aromatic nitrogens is 3. The van der Waals surface area contributed by atoms with Crippen LogP contribution < -0.4 is 0 Å². The van der Waals surface area contributed by atoms with E-state index in [-0.39, 0.29) is 0 Å². The summed E-state index contributed by atoms with van der Waals surface area (Å²) in [6.45, 7) is 0. The third kappa shape index (κ3) is 4.48. The van der Waals surface area contributed by atoms with Crippen LogP contribution in [0, 0.1) is 0 Å². The minimum atomic E-state index is 0.701. The van der Waals surface area contributed by atoms with Crippen molar-refractivity contribution in [3.8, 4) is 50.6 Å². The number of nitrogens with zero attached hydrogens (tertiary/aromatic N) is 3. The largest absolute Gasteiger partial charge is 0.294 e. The molecule has 0 radical (unpaired) electrons. The summed E-state index contributed by atoms with van der Waals surface area (Å²) in [5.41, 5.74) is 10.7. The van der Waals surface area contributed by atoms with Gasteiger partial charge in [-0.3, -0.25) is 4.57 Å². The summed E-state index contributed by atoms with van der Waals surface area (Å²) < 4.78 is 2.26. The van der Waals surface area contributed by atoms with E-state index in [1.807, 2.05) is 12.1 Å². The second-order valence-corrected chi connectivity index (χ2v) is 10.7. The maximum absolute atomic E-state index is 5.30. The lowest BCUT2D eigenvalue weighted by atomic mass is 9.98. The summed E-state index contributed by atoms with van der Waals surface area (Å²) in [6.07, 6.45) is 0. The number of benzene rings is 6. The van der Waals surface area contributed by atoms with Gasteiger partial charge in [0, 0.05) is 22.2 Å². The van der Waals surface area contributed by atoms with Crippen LogP contribution in [0.4, 0.5) is 0 Å². The fraction of sp³-hybridized carbons (Fsp3) is 0. The van der Waals surface area contributed by atoms with E-state index in [0.717, 1.165) is 55.6 Å². The Morgan fingerprint density at radius 2 is 0.907 bits per heavy atom. The molecule has 6 aromatic carbocycles. The fourth-order valence-corrected chi connectivity index (χ4v) is 5.97. The highest BCUT2D eigenvalue weighted by Gasteiger charge is 2.20. The summed E-state index contributed by atoms with van der Waals surface area (Å²) in [5.74, 6) is 0.701. The van der Waals surface area contributed by atoms with Crippen LogP contribution in [0.3, 0.4) is 0 Å². The van der Waals surface area contributed by atoms with Crippen molar-refractivity contribution < 1.29 is 0 Å². The first-order chi connectivity index (χ1) is 21.3. The zero-order valence-electron chi connectivity index (χ0n) is 23.4. The molecular formula is C40H27N3. The molecule has 0 N–H and O–H groups in total. The Kier molecular flexibility index (Phi) is 6.12. The van der Waals surface area contributed by atoms with Crippen LogP contribution in [0.25, 0.3) is 72.5 Å². The Morgan fingerprint density at radius 1 is 0.395 bits per heavy atom. The molecular weight excluding hydrogens is 522 g/mol. The Balaban J connectivity index is 1.36. The first kappa shape index (κ1) is 25.0. The molecule has 0 saturated carbocycles. The minimum absolute atomic E-state index is 0.701. The van der Waals surface area contributed by atoms with Crippen molar-refractivity contribution in [1.29, 1.82) is 0 Å². The van der Waals surface area contributed by atoms with E-state index in [9.17, 15) is 0 Å². The SMILES string of the molecule is c1ccc(-c2cccc(-c3cccc(-c4nc(-c5ccccc5)c5c6ccccc6n(-c6ccccc6)c5n4)c3)c2)cc1. The first-order valence-electron chi connectivity index (χ1n) is 14.5. The molecule has 0 spiro atoms. The van der Waals surface area contributed by atoms with Crippen LogP contribution in [0.15, 0.2) is 164 Å². The lowest BCUT2D eigenvalue weighted by molar-refractivity contribution is 1.11. The molecule has 0 aliphatic carbocycles. The van der Waals surface area contributed by atoms with Crippen molar-refractivity contribution in [2.75, 3.05) is 0 Å².